The predicted molar refractivity (Wildman–Crippen MR) is 100 cm³/mol. The molecular formula is C21H18N2O2. The summed E-state index contributed by atoms with van der Waals surface area (Å²) in [6.07, 6.45) is 5.97. The average Bonchev–Trinajstić information content (AvgIpc) is 2.68. The highest BCUT2D eigenvalue weighted by molar-refractivity contribution is 5.70. The first-order chi connectivity index (χ1) is 12.4. The van der Waals surface area contributed by atoms with Crippen molar-refractivity contribution in [1.82, 2.24) is 4.98 Å². The fraction of sp³-hybridized carbons (Fsp3) is 0.0952. The molecule has 0 atom stereocenters. The molecule has 0 radical (unpaired) electrons. The van der Waals surface area contributed by atoms with Gasteiger partial charge in [0.25, 0.3) is 0 Å². The summed E-state index contributed by atoms with van der Waals surface area (Å²) in [5.41, 5.74) is 3.14. The number of hydrogen-bond donors (Lipinski definition) is 1. The van der Waals surface area contributed by atoms with Crippen molar-refractivity contribution in [2.75, 3.05) is 18.5 Å². The van der Waals surface area contributed by atoms with Crippen LogP contribution < -0.4 is 14.8 Å². The average molecular weight is 330 g/mol. The Morgan fingerprint density at radius 2 is 1.60 bits per heavy atom. The fourth-order valence-electron chi connectivity index (χ4n) is 2.60. The molecule has 0 amide bonds. The Balaban J connectivity index is 1.44. The van der Waals surface area contributed by atoms with Gasteiger partial charge in [-0.15, -0.1) is 0 Å². The lowest BCUT2D eigenvalue weighted by atomic mass is 10.2. The van der Waals surface area contributed by atoms with Gasteiger partial charge >= 0.3 is 0 Å². The molecule has 2 heterocycles. The van der Waals surface area contributed by atoms with Crippen LogP contribution in [-0.4, -0.2) is 18.2 Å². The number of ether oxygens (including phenoxy) is 2. The van der Waals surface area contributed by atoms with Gasteiger partial charge in [0.05, 0.1) is 0 Å². The SMILES string of the molecule is C(=Cc1ccc(Nc2ccc3c(c2)OCCO3)nc1)c1ccccc1. The van der Waals surface area contributed by atoms with Crippen molar-refractivity contribution >= 4 is 23.7 Å². The van der Waals surface area contributed by atoms with E-state index >= 15 is 0 Å². The molecular weight excluding hydrogens is 312 g/mol. The van der Waals surface area contributed by atoms with Gasteiger partial charge in [0.2, 0.25) is 0 Å². The van der Waals surface area contributed by atoms with Crippen LogP contribution in [0.15, 0.2) is 66.9 Å². The molecule has 4 heteroatoms. The molecule has 4 nitrogen and oxygen atoms in total. The number of benzene rings is 2. The van der Waals surface area contributed by atoms with Gasteiger partial charge in [-0.05, 0) is 35.4 Å². The maximum atomic E-state index is 5.60. The van der Waals surface area contributed by atoms with Crippen LogP contribution in [0.2, 0.25) is 0 Å². The number of hydrogen-bond acceptors (Lipinski definition) is 4. The second-order valence-corrected chi connectivity index (χ2v) is 5.70. The van der Waals surface area contributed by atoms with Gasteiger partial charge in [0.15, 0.2) is 11.5 Å². The van der Waals surface area contributed by atoms with E-state index in [2.05, 4.69) is 34.6 Å². The minimum Gasteiger partial charge on any atom is -0.486 e. The molecule has 0 bridgehead atoms. The van der Waals surface area contributed by atoms with E-state index in [0.717, 1.165) is 28.6 Å². The number of nitrogens with zero attached hydrogens (tertiary/aromatic N) is 1. The van der Waals surface area contributed by atoms with Gasteiger partial charge < -0.3 is 14.8 Å². The third kappa shape index (κ3) is 3.80. The Bertz CT molecular complexity index is 874. The highest BCUT2D eigenvalue weighted by Gasteiger charge is 2.11. The molecule has 1 aliphatic heterocycles. The standard InChI is InChI=1S/C21H18N2O2/c1-2-4-16(5-3-1)6-7-17-8-11-21(22-15-17)23-18-9-10-19-20(14-18)25-13-12-24-19/h1-11,14-15H,12-13H2,(H,22,23). The van der Waals surface area contributed by atoms with Crippen molar-refractivity contribution in [1.29, 1.82) is 0 Å². The van der Waals surface area contributed by atoms with E-state index in [0.29, 0.717) is 13.2 Å². The zero-order valence-corrected chi connectivity index (χ0v) is 13.7. The lowest BCUT2D eigenvalue weighted by Crippen LogP contribution is -2.15. The molecule has 1 aromatic heterocycles. The third-order valence-electron chi connectivity index (χ3n) is 3.87. The fourth-order valence-corrected chi connectivity index (χ4v) is 2.60. The van der Waals surface area contributed by atoms with E-state index in [1.165, 1.54) is 5.56 Å². The van der Waals surface area contributed by atoms with E-state index in [1.54, 1.807) is 0 Å². The van der Waals surface area contributed by atoms with Crippen LogP contribution in [0.5, 0.6) is 11.5 Å². The quantitative estimate of drug-likeness (QED) is 0.748. The number of anilines is 2. The smallest absolute Gasteiger partial charge is 0.163 e. The largest absolute Gasteiger partial charge is 0.486 e. The first-order valence-electron chi connectivity index (χ1n) is 8.23. The van der Waals surface area contributed by atoms with Gasteiger partial charge in [-0.3, -0.25) is 0 Å². The lowest BCUT2D eigenvalue weighted by Gasteiger charge is -2.19. The Kier molecular flexibility index (Phi) is 4.33. The summed E-state index contributed by atoms with van der Waals surface area (Å²) >= 11 is 0. The topological polar surface area (TPSA) is 43.4 Å². The maximum Gasteiger partial charge on any atom is 0.163 e. The van der Waals surface area contributed by atoms with E-state index in [4.69, 9.17) is 9.47 Å². The van der Waals surface area contributed by atoms with E-state index < -0.39 is 0 Å². The minimum atomic E-state index is 0.581. The number of fused-ring (bicyclic) bond motifs is 1. The monoisotopic (exact) mass is 330 g/mol. The Labute approximate surface area is 146 Å². The summed E-state index contributed by atoms with van der Waals surface area (Å²) in [4.78, 5) is 4.46. The van der Waals surface area contributed by atoms with Crippen molar-refractivity contribution in [2.24, 2.45) is 0 Å². The second-order valence-electron chi connectivity index (χ2n) is 5.70. The minimum absolute atomic E-state index is 0.581. The molecule has 0 aliphatic carbocycles. The van der Waals surface area contributed by atoms with Crippen LogP contribution in [0.3, 0.4) is 0 Å². The molecule has 3 aromatic rings. The van der Waals surface area contributed by atoms with Gasteiger partial charge in [0.1, 0.15) is 19.0 Å². The molecule has 124 valence electrons. The van der Waals surface area contributed by atoms with Gasteiger partial charge in [-0.1, -0.05) is 42.5 Å². The summed E-state index contributed by atoms with van der Waals surface area (Å²) in [5, 5.41) is 3.28. The molecule has 25 heavy (non-hydrogen) atoms. The predicted octanol–water partition coefficient (Wildman–Crippen LogP) is 4.77. The molecule has 0 saturated carbocycles. The first-order valence-corrected chi connectivity index (χ1v) is 8.23. The van der Waals surface area contributed by atoms with Crippen LogP contribution in [0.4, 0.5) is 11.5 Å². The van der Waals surface area contributed by atoms with E-state index in [-0.39, 0.29) is 0 Å². The van der Waals surface area contributed by atoms with Crippen molar-refractivity contribution in [2.45, 2.75) is 0 Å². The molecule has 0 fully saturated rings. The lowest BCUT2D eigenvalue weighted by molar-refractivity contribution is 0.171. The molecule has 1 aliphatic rings. The van der Waals surface area contributed by atoms with Crippen molar-refractivity contribution in [3.8, 4) is 11.5 Å². The molecule has 4 rings (SSSR count). The Morgan fingerprint density at radius 3 is 2.40 bits per heavy atom. The van der Waals surface area contributed by atoms with Crippen LogP contribution in [-0.2, 0) is 0 Å². The highest BCUT2D eigenvalue weighted by Crippen LogP contribution is 2.33. The molecule has 1 N–H and O–H groups in total. The van der Waals surface area contributed by atoms with Crippen LogP contribution in [0.1, 0.15) is 11.1 Å². The molecule has 0 unspecified atom stereocenters. The van der Waals surface area contributed by atoms with Crippen LogP contribution in [0.25, 0.3) is 12.2 Å². The normalized spacial score (nSPS) is 13.0. The number of rotatable bonds is 4. The van der Waals surface area contributed by atoms with Crippen molar-refractivity contribution < 1.29 is 9.47 Å². The maximum absolute atomic E-state index is 5.60. The number of nitrogens with one attached hydrogen (secondary N) is 1. The summed E-state index contributed by atoms with van der Waals surface area (Å²) < 4.78 is 11.1. The summed E-state index contributed by atoms with van der Waals surface area (Å²) in [5.74, 6) is 2.33. The zero-order valence-electron chi connectivity index (χ0n) is 13.7. The van der Waals surface area contributed by atoms with Crippen LogP contribution >= 0.6 is 0 Å². The summed E-state index contributed by atoms with van der Waals surface area (Å²) in [6, 6.07) is 20.0. The Hall–Kier alpha value is -3.27. The number of aromatic nitrogens is 1. The Morgan fingerprint density at radius 1 is 0.800 bits per heavy atom. The first kappa shape index (κ1) is 15.3. The van der Waals surface area contributed by atoms with E-state index in [1.807, 2.05) is 54.7 Å². The molecule has 0 spiro atoms. The number of pyridine rings is 1. The van der Waals surface area contributed by atoms with E-state index in [9.17, 15) is 0 Å². The summed E-state index contributed by atoms with van der Waals surface area (Å²) in [7, 11) is 0. The summed E-state index contributed by atoms with van der Waals surface area (Å²) in [6.45, 7) is 1.18. The highest BCUT2D eigenvalue weighted by atomic mass is 16.6. The van der Waals surface area contributed by atoms with Gasteiger partial charge in [-0.2, -0.15) is 0 Å². The van der Waals surface area contributed by atoms with Crippen molar-refractivity contribution in [3.63, 3.8) is 0 Å². The molecule has 2 aromatic carbocycles. The van der Waals surface area contributed by atoms with Crippen LogP contribution in [0, 0.1) is 0 Å². The van der Waals surface area contributed by atoms with Gasteiger partial charge in [-0.25, -0.2) is 4.98 Å². The zero-order chi connectivity index (χ0) is 16.9. The van der Waals surface area contributed by atoms with Gasteiger partial charge in [0, 0.05) is 18.0 Å². The third-order valence-corrected chi connectivity index (χ3v) is 3.87. The van der Waals surface area contributed by atoms with Crippen molar-refractivity contribution in [3.05, 3.63) is 78.0 Å². The second kappa shape index (κ2) is 7.09. The molecule has 0 saturated heterocycles.